The number of rotatable bonds is 1. The molecule has 5 heteroatoms. The Morgan fingerprint density at radius 3 is 2.93 bits per heavy atom. The highest BCUT2D eigenvalue weighted by Crippen LogP contribution is 2.34. The van der Waals surface area contributed by atoms with Gasteiger partial charge in [-0.2, -0.15) is 0 Å². The smallest absolute Gasteiger partial charge is 0.311 e. The summed E-state index contributed by atoms with van der Waals surface area (Å²) in [6, 6.07) is 4.11. The van der Waals surface area contributed by atoms with Gasteiger partial charge in [0.2, 0.25) is 5.91 Å². The molecule has 0 radical (unpaired) electrons. The Bertz CT molecular complexity index is 444. The highest BCUT2D eigenvalue weighted by atomic mass is 19.1. The van der Waals surface area contributed by atoms with Crippen molar-refractivity contribution >= 4 is 17.6 Å². The summed E-state index contributed by atoms with van der Waals surface area (Å²) in [4.78, 5) is 22.0. The summed E-state index contributed by atoms with van der Waals surface area (Å²) in [5.41, 5.74) is 0.309. The Labute approximate surface area is 84.7 Å². The molecule has 78 valence electrons. The largest absolute Gasteiger partial charge is 0.481 e. The Balaban J connectivity index is 2.57. The van der Waals surface area contributed by atoms with Crippen molar-refractivity contribution < 1.29 is 19.1 Å². The quantitative estimate of drug-likeness (QED) is 0.733. The summed E-state index contributed by atoms with van der Waals surface area (Å²) < 4.78 is 13.4. The molecule has 0 saturated carbocycles. The van der Waals surface area contributed by atoms with Crippen molar-refractivity contribution in [3.8, 4) is 0 Å². The third-order valence-electron chi connectivity index (χ3n) is 2.36. The van der Waals surface area contributed by atoms with Crippen LogP contribution in [0.1, 0.15) is 17.9 Å². The maximum atomic E-state index is 13.4. The molecule has 2 N–H and O–H groups in total. The monoisotopic (exact) mass is 209 g/mol. The fraction of sp³-hybridized carbons (Fsp3) is 0.200. The summed E-state index contributed by atoms with van der Waals surface area (Å²) in [5.74, 6) is -3.27. The number of halogens is 1. The van der Waals surface area contributed by atoms with E-state index in [9.17, 15) is 14.0 Å². The Hall–Kier alpha value is -1.91. The standard InChI is InChI=1S/C10H8FNO3/c11-6-2-1-3-7-9(6)5(10(14)15)4-8(13)12-7/h1-3,5H,4H2,(H,12,13)(H,14,15). The van der Waals surface area contributed by atoms with E-state index in [-0.39, 0.29) is 17.7 Å². The van der Waals surface area contributed by atoms with Crippen molar-refractivity contribution in [2.45, 2.75) is 12.3 Å². The van der Waals surface area contributed by atoms with Crippen LogP contribution in [0.15, 0.2) is 18.2 Å². The zero-order valence-corrected chi connectivity index (χ0v) is 7.66. The van der Waals surface area contributed by atoms with E-state index in [0.717, 1.165) is 0 Å². The van der Waals surface area contributed by atoms with Gasteiger partial charge in [-0.3, -0.25) is 9.59 Å². The van der Waals surface area contributed by atoms with Crippen LogP contribution in [0, 0.1) is 5.82 Å². The van der Waals surface area contributed by atoms with E-state index in [1.165, 1.54) is 18.2 Å². The zero-order chi connectivity index (χ0) is 11.0. The molecular weight excluding hydrogens is 201 g/mol. The maximum absolute atomic E-state index is 13.4. The highest BCUT2D eigenvalue weighted by Gasteiger charge is 2.32. The van der Waals surface area contributed by atoms with E-state index in [2.05, 4.69) is 5.32 Å². The van der Waals surface area contributed by atoms with Gasteiger partial charge in [0, 0.05) is 17.7 Å². The van der Waals surface area contributed by atoms with E-state index >= 15 is 0 Å². The van der Waals surface area contributed by atoms with E-state index in [4.69, 9.17) is 5.11 Å². The van der Waals surface area contributed by atoms with Crippen molar-refractivity contribution in [2.24, 2.45) is 0 Å². The lowest BCUT2D eigenvalue weighted by Crippen LogP contribution is -2.28. The van der Waals surface area contributed by atoms with Crippen LogP contribution in [0.2, 0.25) is 0 Å². The Morgan fingerprint density at radius 2 is 2.27 bits per heavy atom. The number of fused-ring (bicyclic) bond motifs is 1. The minimum Gasteiger partial charge on any atom is -0.481 e. The first-order valence-corrected chi connectivity index (χ1v) is 4.40. The third-order valence-corrected chi connectivity index (χ3v) is 2.36. The second-order valence-corrected chi connectivity index (χ2v) is 3.34. The molecule has 1 unspecified atom stereocenters. The van der Waals surface area contributed by atoms with E-state index in [1.807, 2.05) is 0 Å². The average molecular weight is 209 g/mol. The molecule has 1 aliphatic rings. The number of hydrogen-bond donors (Lipinski definition) is 2. The SMILES string of the molecule is O=C1CC(C(=O)O)c2c(F)cccc2N1. The van der Waals surface area contributed by atoms with Gasteiger partial charge in [0.05, 0.1) is 5.92 Å². The minimum atomic E-state index is -1.18. The van der Waals surface area contributed by atoms with Gasteiger partial charge >= 0.3 is 5.97 Å². The van der Waals surface area contributed by atoms with Gasteiger partial charge in [0.25, 0.3) is 0 Å². The van der Waals surface area contributed by atoms with Crippen LogP contribution in [0.25, 0.3) is 0 Å². The third kappa shape index (κ3) is 1.56. The van der Waals surface area contributed by atoms with E-state index < -0.39 is 23.6 Å². The molecule has 1 aromatic carbocycles. The molecule has 0 aromatic heterocycles. The number of hydrogen-bond acceptors (Lipinski definition) is 2. The molecular formula is C10H8FNO3. The number of anilines is 1. The molecule has 15 heavy (non-hydrogen) atoms. The van der Waals surface area contributed by atoms with Crippen LogP contribution in [0.5, 0.6) is 0 Å². The van der Waals surface area contributed by atoms with Crippen LogP contribution in [-0.4, -0.2) is 17.0 Å². The molecule has 0 spiro atoms. The molecule has 0 saturated heterocycles. The Morgan fingerprint density at radius 1 is 1.53 bits per heavy atom. The molecule has 0 aliphatic carbocycles. The summed E-state index contributed by atoms with van der Waals surface area (Å²) in [7, 11) is 0. The molecule has 1 amide bonds. The first-order chi connectivity index (χ1) is 7.09. The summed E-state index contributed by atoms with van der Waals surface area (Å²) in [6.45, 7) is 0. The first kappa shape index (κ1) is 9.64. The van der Waals surface area contributed by atoms with Crippen LogP contribution in [-0.2, 0) is 9.59 Å². The fourth-order valence-electron chi connectivity index (χ4n) is 1.70. The van der Waals surface area contributed by atoms with Gasteiger partial charge in [0.1, 0.15) is 5.82 Å². The van der Waals surface area contributed by atoms with Crippen molar-refractivity contribution in [3.63, 3.8) is 0 Å². The molecule has 1 aliphatic heterocycles. The fourth-order valence-corrected chi connectivity index (χ4v) is 1.70. The highest BCUT2D eigenvalue weighted by molar-refractivity contribution is 5.99. The predicted molar refractivity (Wildman–Crippen MR) is 50.0 cm³/mol. The van der Waals surface area contributed by atoms with Crippen molar-refractivity contribution in [1.29, 1.82) is 0 Å². The Kier molecular flexibility index (Phi) is 2.15. The summed E-state index contributed by atoms with van der Waals surface area (Å²) >= 11 is 0. The lowest BCUT2D eigenvalue weighted by molar-refractivity contribution is -0.140. The number of carbonyl (C=O) groups is 2. The van der Waals surface area contributed by atoms with Gasteiger partial charge in [0.15, 0.2) is 0 Å². The van der Waals surface area contributed by atoms with Crippen molar-refractivity contribution in [2.75, 3.05) is 5.32 Å². The lowest BCUT2D eigenvalue weighted by Gasteiger charge is -2.22. The topological polar surface area (TPSA) is 66.4 Å². The number of carbonyl (C=O) groups excluding carboxylic acids is 1. The van der Waals surface area contributed by atoms with Gasteiger partial charge in [-0.05, 0) is 12.1 Å². The second kappa shape index (κ2) is 3.34. The van der Waals surface area contributed by atoms with Crippen LogP contribution in [0.4, 0.5) is 10.1 Å². The maximum Gasteiger partial charge on any atom is 0.311 e. The van der Waals surface area contributed by atoms with Gasteiger partial charge in [-0.1, -0.05) is 6.07 Å². The van der Waals surface area contributed by atoms with Gasteiger partial charge in [-0.15, -0.1) is 0 Å². The number of carboxylic acid groups (broad SMARTS) is 1. The molecule has 1 heterocycles. The van der Waals surface area contributed by atoms with Crippen LogP contribution < -0.4 is 5.32 Å². The normalized spacial score (nSPS) is 19.3. The van der Waals surface area contributed by atoms with Crippen LogP contribution >= 0.6 is 0 Å². The zero-order valence-electron chi connectivity index (χ0n) is 7.66. The number of carboxylic acids is 1. The van der Waals surface area contributed by atoms with Crippen LogP contribution in [0.3, 0.4) is 0 Å². The lowest BCUT2D eigenvalue weighted by atomic mass is 9.90. The summed E-state index contributed by atoms with van der Waals surface area (Å²) in [5, 5.41) is 11.3. The van der Waals surface area contributed by atoms with Gasteiger partial charge < -0.3 is 10.4 Å². The minimum absolute atomic E-state index is 0.0598. The van der Waals surface area contributed by atoms with Crippen molar-refractivity contribution in [1.82, 2.24) is 0 Å². The van der Waals surface area contributed by atoms with Crippen molar-refractivity contribution in [3.05, 3.63) is 29.6 Å². The number of aliphatic carboxylic acids is 1. The average Bonchev–Trinajstić information content (AvgIpc) is 2.16. The molecule has 0 fully saturated rings. The predicted octanol–water partition coefficient (Wildman–Crippen LogP) is 1.34. The van der Waals surface area contributed by atoms with E-state index in [0.29, 0.717) is 0 Å². The molecule has 0 bridgehead atoms. The molecule has 4 nitrogen and oxygen atoms in total. The number of amides is 1. The summed E-state index contributed by atoms with van der Waals surface area (Å²) in [6.07, 6.45) is -0.219. The van der Waals surface area contributed by atoms with E-state index in [1.54, 1.807) is 0 Å². The molecule has 1 aromatic rings. The second-order valence-electron chi connectivity index (χ2n) is 3.34. The first-order valence-electron chi connectivity index (χ1n) is 4.40. The molecule has 2 rings (SSSR count). The molecule has 1 atom stereocenters. The number of benzene rings is 1. The van der Waals surface area contributed by atoms with Gasteiger partial charge in [-0.25, -0.2) is 4.39 Å². The number of nitrogens with one attached hydrogen (secondary N) is 1.